The number of aryl methyl sites for hydroxylation is 1. The molecule has 1 fully saturated rings. The number of amides is 1. The number of hydrogen-bond donors (Lipinski definition) is 2. The van der Waals surface area contributed by atoms with Crippen molar-refractivity contribution in [3.8, 4) is 22.7 Å². The molecule has 0 spiro atoms. The highest BCUT2D eigenvalue weighted by atomic mass is 19.3. The molecule has 180 valence electrons. The van der Waals surface area contributed by atoms with E-state index in [1.807, 2.05) is 0 Å². The van der Waals surface area contributed by atoms with Crippen LogP contribution < -0.4 is 15.6 Å². The van der Waals surface area contributed by atoms with Crippen LogP contribution >= 0.6 is 0 Å². The van der Waals surface area contributed by atoms with Gasteiger partial charge in [-0.2, -0.15) is 19.3 Å². The highest BCUT2D eigenvalue weighted by Crippen LogP contribution is 2.23. The Hall–Kier alpha value is -3.71. The number of nitrogens with one attached hydrogen (secondary N) is 1. The number of alkyl halides is 3. The molecule has 1 aliphatic rings. The molecule has 1 aromatic carbocycles. The maximum absolute atomic E-state index is 13.2. The minimum atomic E-state index is -3.30. The van der Waals surface area contributed by atoms with Crippen LogP contribution in [-0.4, -0.2) is 68.7 Å². The van der Waals surface area contributed by atoms with E-state index in [0.717, 1.165) is 4.68 Å². The Labute approximate surface area is 190 Å². The second-order valence-corrected chi connectivity index (χ2v) is 7.55. The van der Waals surface area contributed by atoms with E-state index in [1.54, 1.807) is 7.05 Å². The van der Waals surface area contributed by atoms with Crippen LogP contribution in [0.15, 0.2) is 47.5 Å². The third-order valence-corrected chi connectivity index (χ3v) is 5.06. The van der Waals surface area contributed by atoms with E-state index in [2.05, 4.69) is 20.3 Å². The van der Waals surface area contributed by atoms with Crippen molar-refractivity contribution in [1.82, 2.24) is 24.9 Å². The number of aliphatic hydroxyl groups is 1. The molecule has 0 bridgehead atoms. The lowest BCUT2D eigenvalue weighted by Gasteiger charge is -2.15. The minimum absolute atomic E-state index is 0.0617. The number of hydrogen-bond acceptors (Lipinski definition) is 7. The molecule has 10 nitrogen and oxygen atoms in total. The number of rotatable bonds is 7. The quantitative estimate of drug-likeness (QED) is 0.520. The first-order chi connectivity index (χ1) is 16.2. The average Bonchev–Trinajstić information content (AvgIpc) is 3.42. The Balaban J connectivity index is 1.71. The number of halogens is 3. The zero-order chi connectivity index (χ0) is 24.4. The van der Waals surface area contributed by atoms with Crippen molar-refractivity contribution in [1.29, 1.82) is 0 Å². The highest BCUT2D eigenvalue weighted by Gasteiger charge is 2.29. The average molecular weight is 479 g/mol. The van der Waals surface area contributed by atoms with E-state index < -0.39 is 36.4 Å². The van der Waals surface area contributed by atoms with Crippen molar-refractivity contribution >= 4 is 5.91 Å². The zero-order valence-electron chi connectivity index (χ0n) is 17.8. The molecule has 1 saturated heterocycles. The summed E-state index contributed by atoms with van der Waals surface area (Å²) in [4.78, 5) is 26.0. The number of benzene rings is 1. The van der Waals surface area contributed by atoms with Gasteiger partial charge in [-0.1, -0.05) is 0 Å². The summed E-state index contributed by atoms with van der Waals surface area (Å²) in [6, 6.07) is 5.94. The third-order valence-electron chi connectivity index (χ3n) is 5.06. The lowest BCUT2D eigenvalue weighted by atomic mass is 10.1. The smallest absolute Gasteiger partial charge is 0.304 e. The van der Waals surface area contributed by atoms with Crippen molar-refractivity contribution in [3.63, 3.8) is 0 Å². The number of aromatic nitrogens is 4. The van der Waals surface area contributed by atoms with Gasteiger partial charge < -0.3 is 19.9 Å². The Morgan fingerprint density at radius 3 is 2.59 bits per heavy atom. The number of aliphatic hydroxyl groups excluding tert-OH is 1. The normalized spacial score (nSPS) is 18.8. The topological polar surface area (TPSA) is 121 Å². The van der Waals surface area contributed by atoms with Gasteiger partial charge in [-0.25, -0.2) is 8.78 Å². The summed E-state index contributed by atoms with van der Waals surface area (Å²) < 4.78 is 50.0. The fraction of sp³-hybridized carbons (Fsp3) is 0.333. The largest absolute Gasteiger partial charge is 0.454 e. The molecule has 0 saturated carbocycles. The Kier molecular flexibility index (Phi) is 6.65. The van der Waals surface area contributed by atoms with Crippen LogP contribution in [0.1, 0.15) is 10.4 Å². The lowest BCUT2D eigenvalue weighted by molar-refractivity contribution is -0.0668. The Bertz CT molecular complexity index is 1230. The molecule has 2 aromatic heterocycles. The molecular formula is C21H20F3N5O5. The fourth-order valence-corrected chi connectivity index (χ4v) is 3.30. The standard InChI is InChI=1S/C21H20F3N5O5/c1-28-8-12(7-25-28)29-21(32)14(20(31)26-16-9-33-10-17(16)30)6-15(27-29)11-2-4-13(5-3-11)34-19(24)18(22)23/h2-8,16-19,30H,9-10H2,1H3,(H,26,31). The number of carbonyl (C=O) groups excluding carboxylic acids is 1. The van der Waals surface area contributed by atoms with Crippen LogP contribution in [0.25, 0.3) is 16.9 Å². The van der Waals surface area contributed by atoms with Crippen molar-refractivity contribution < 1.29 is 32.5 Å². The molecule has 4 rings (SSSR count). The first-order valence-corrected chi connectivity index (χ1v) is 10.1. The number of nitrogens with zero attached hydrogens (tertiary/aromatic N) is 4. The van der Waals surface area contributed by atoms with Gasteiger partial charge in [0.15, 0.2) is 0 Å². The van der Waals surface area contributed by atoms with Crippen molar-refractivity contribution in [2.24, 2.45) is 7.05 Å². The van der Waals surface area contributed by atoms with Crippen LogP contribution in [-0.2, 0) is 11.8 Å². The van der Waals surface area contributed by atoms with Crippen LogP contribution in [0.3, 0.4) is 0 Å². The van der Waals surface area contributed by atoms with Gasteiger partial charge in [0.2, 0.25) is 0 Å². The Morgan fingerprint density at radius 2 is 2.00 bits per heavy atom. The SMILES string of the molecule is Cn1cc(-n2nc(-c3ccc(OC(F)C(F)F)cc3)cc(C(=O)NC3COCC3O)c2=O)cn1. The van der Waals surface area contributed by atoms with Gasteiger partial charge >= 0.3 is 6.43 Å². The molecule has 13 heteroatoms. The summed E-state index contributed by atoms with van der Waals surface area (Å²) in [5, 5.41) is 20.8. The lowest BCUT2D eigenvalue weighted by Crippen LogP contribution is -2.44. The van der Waals surface area contributed by atoms with Crippen molar-refractivity contribution in [2.75, 3.05) is 13.2 Å². The summed E-state index contributed by atoms with van der Waals surface area (Å²) in [6.07, 6.45) is -4.07. The number of ether oxygens (including phenoxy) is 2. The zero-order valence-corrected chi connectivity index (χ0v) is 17.8. The molecule has 3 atom stereocenters. The second kappa shape index (κ2) is 9.65. The summed E-state index contributed by atoms with van der Waals surface area (Å²) in [5.74, 6) is -0.872. The maximum Gasteiger partial charge on any atom is 0.304 e. The van der Waals surface area contributed by atoms with Crippen molar-refractivity contribution in [3.05, 3.63) is 58.6 Å². The second-order valence-electron chi connectivity index (χ2n) is 7.55. The molecule has 2 N–H and O–H groups in total. The third kappa shape index (κ3) is 4.94. The van der Waals surface area contributed by atoms with Gasteiger partial charge in [-0.15, -0.1) is 0 Å². The summed E-state index contributed by atoms with van der Waals surface area (Å²) in [7, 11) is 1.64. The van der Waals surface area contributed by atoms with E-state index in [1.165, 1.54) is 47.4 Å². The van der Waals surface area contributed by atoms with Gasteiger partial charge in [-0.05, 0) is 30.3 Å². The summed E-state index contributed by atoms with van der Waals surface area (Å²) >= 11 is 0. The molecule has 3 heterocycles. The van der Waals surface area contributed by atoms with Gasteiger partial charge in [-0.3, -0.25) is 14.3 Å². The van der Waals surface area contributed by atoms with Gasteiger partial charge in [0, 0.05) is 12.6 Å². The van der Waals surface area contributed by atoms with E-state index in [9.17, 15) is 27.9 Å². The predicted molar refractivity (Wildman–Crippen MR) is 112 cm³/mol. The number of carbonyl (C=O) groups is 1. The molecule has 3 unspecified atom stereocenters. The Morgan fingerprint density at radius 1 is 1.26 bits per heavy atom. The molecule has 0 aliphatic carbocycles. The van der Waals surface area contributed by atoms with Crippen molar-refractivity contribution in [2.45, 2.75) is 24.9 Å². The van der Waals surface area contributed by atoms with Gasteiger partial charge in [0.1, 0.15) is 17.0 Å². The summed E-state index contributed by atoms with van der Waals surface area (Å²) in [5.41, 5.74) is -0.0934. The minimum Gasteiger partial charge on any atom is -0.454 e. The van der Waals surface area contributed by atoms with E-state index in [-0.39, 0.29) is 30.2 Å². The van der Waals surface area contributed by atoms with E-state index in [4.69, 9.17) is 4.74 Å². The molecule has 0 radical (unpaired) electrons. The summed E-state index contributed by atoms with van der Waals surface area (Å²) in [6.45, 7) is 0.156. The first kappa shape index (κ1) is 23.4. The van der Waals surface area contributed by atoms with Crippen LogP contribution in [0.5, 0.6) is 5.75 Å². The van der Waals surface area contributed by atoms with Crippen LogP contribution in [0.4, 0.5) is 13.2 Å². The molecular weight excluding hydrogens is 459 g/mol. The van der Waals surface area contributed by atoms with Gasteiger partial charge in [0.05, 0.1) is 43.4 Å². The fourth-order valence-electron chi connectivity index (χ4n) is 3.30. The van der Waals surface area contributed by atoms with Crippen LogP contribution in [0.2, 0.25) is 0 Å². The van der Waals surface area contributed by atoms with E-state index in [0.29, 0.717) is 11.3 Å². The van der Waals surface area contributed by atoms with Gasteiger partial charge in [0.25, 0.3) is 17.8 Å². The maximum atomic E-state index is 13.2. The molecule has 1 amide bonds. The molecule has 3 aromatic rings. The molecule has 34 heavy (non-hydrogen) atoms. The predicted octanol–water partition coefficient (Wildman–Crippen LogP) is 1.06. The first-order valence-electron chi connectivity index (χ1n) is 10.1. The molecule has 1 aliphatic heterocycles. The highest BCUT2D eigenvalue weighted by molar-refractivity contribution is 5.95. The van der Waals surface area contributed by atoms with Crippen LogP contribution in [0, 0.1) is 0 Å². The monoisotopic (exact) mass is 479 g/mol. The van der Waals surface area contributed by atoms with E-state index >= 15 is 0 Å².